The molecule has 166 valence electrons. The highest BCUT2D eigenvalue weighted by atomic mass is 16.5. The number of ether oxygens (including phenoxy) is 1. The number of amides is 2. The summed E-state index contributed by atoms with van der Waals surface area (Å²) < 4.78 is 5.33. The van der Waals surface area contributed by atoms with Crippen LogP contribution in [0, 0.1) is 11.3 Å². The predicted molar refractivity (Wildman–Crippen MR) is 126 cm³/mol. The van der Waals surface area contributed by atoms with E-state index in [-0.39, 0.29) is 18.2 Å². The number of carbonyl (C=O) groups is 2. The van der Waals surface area contributed by atoms with Gasteiger partial charge in [-0.2, -0.15) is 5.26 Å². The van der Waals surface area contributed by atoms with E-state index in [2.05, 4.69) is 6.07 Å². The van der Waals surface area contributed by atoms with Crippen molar-refractivity contribution in [1.29, 1.82) is 5.26 Å². The smallest absolute Gasteiger partial charge is 0.258 e. The number of benzene rings is 3. The molecule has 0 unspecified atom stereocenters. The van der Waals surface area contributed by atoms with Crippen molar-refractivity contribution in [1.82, 2.24) is 4.90 Å². The van der Waals surface area contributed by atoms with Crippen molar-refractivity contribution in [3.8, 4) is 6.07 Å². The Bertz CT molecular complexity index is 1150. The average Bonchev–Trinajstić information content (AvgIpc) is 2.88. The molecule has 2 amide bonds. The van der Waals surface area contributed by atoms with E-state index in [1.165, 1.54) is 0 Å². The molecule has 0 saturated carbocycles. The Hall–Kier alpha value is -3.95. The summed E-state index contributed by atoms with van der Waals surface area (Å²) in [6.07, 6.45) is 0.276. The standard InChI is InChI=1S/C27H25N3O3/c28-19-21-9-11-24(12-10-21)27(32)30(20-22-5-2-1-3-6-22)25-8-4-7-23(17-25)18-26(31)29-13-15-33-16-14-29/h1-12,17H,13-16,18,20H2. The summed E-state index contributed by atoms with van der Waals surface area (Å²) >= 11 is 0. The van der Waals surface area contributed by atoms with Crippen LogP contribution in [0.5, 0.6) is 0 Å². The van der Waals surface area contributed by atoms with E-state index in [9.17, 15) is 9.59 Å². The van der Waals surface area contributed by atoms with Gasteiger partial charge in [0.1, 0.15) is 0 Å². The predicted octanol–water partition coefficient (Wildman–Crippen LogP) is 3.81. The van der Waals surface area contributed by atoms with Gasteiger partial charge in [-0.25, -0.2) is 0 Å². The summed E-state index contributed by atoms with van der Waals surface area (Å²) in [6, 6.07) is 26.1. The highest BCUT2D eigenvalue weighted by Crippen LogP contribution is 2.23. The van der Waals surface area contributed by atoms with Crippen molar-refractivity contribution in [3.05, 3.63) is 101 Å². The van der Waals surface area contributed by atoms with Crippen LogP contribution < -0.4 is 4.90 Å². The van der Waals surface area contributed by atoms with Crippen LogP contribution in [0.3, 0.4) is 0 Å². The summed E-state index contributed by atoms with van der Waals surface area (Å²) in [5.74, 6) is -0.108. The number of hydrogen-bond acceptors (Lipinski definition) is 4. The van der Waals surface area contributed by atoms with Gasteiger partial charge in [0, 0.05) is 24.3 Å². The molecule has 1 heterocycles. The van der Waals surface area contributed by atoms with Gasteiger partial charge in [-0.05, 0) is 47.5 Å². The van der Waals surface area contributed by atoms with Crippen LogP contribution in [-0.4, -0.2) is 43.0 Å². The number of carbonyl (C=O) groups excluding carboxylic acids is 2. The van der Waals surface area contributed by atoms with Gasteiger partial charge >= 0.3 is 0 Å². The zero-order valence-electron chi connectivity index (χ0n) is 18.3. The Kier molecular flexibility index (Phi) is 7.13. The van der Waals surface area contributed by atoms with Crippen LogP contribution in [0.2, 0.25) is 0 Å². The lowest BCUT2D eigenvalue weighted by Gasteiger charge is -2.27. The molecule has 3 aromatic rings. The third kappa shape index (κ3) is 5.65. The summed E-state index contributed by atoms with van der Waals surface area (Å²) in [6.45, 7) is 2.73. The van der Waals surface area contributed by atoms with E-state index in [0.717, 1.165) is 16.8 Å². The Labute approximate surface area is 193 Å². The maximum absolute atomic E-state index is 13.5. The number of hydrogen-bond donors (Lipinski definition) is 0. The SMILES string of the molecule is N#Cc1ccc(C(=O)N(Cc2ccccc2)c2cccc(CC(=O)N3CCOCC3)c2)cc1. The van der Waals surface area contributed by atoms with Crippen LogP contribution in [0.25, 0.3) is 0 Å². The summed E-state index contributed by atoms with van der Waals surface area (Å²) in [5, 5.41) is 9.06. The first kappa shape index (κ1) is 22.3. The van der Waals surface area contributed by atoms with Crippen molar-refractivity contribution in [2.75, 3.05) is 31.2 Å². The third-order valence-corrected chi connectivity index (χ3v) is 5.63. The van der Waals surface area contributed by atoms with Gasteiger partial charge in [0.05, 0.1) is 37.8 Å². The minimum Gasteiger partial charge on any atom is -0.378 e. The highest BCUT2D eigenvalue weighted by molar-refractivity contribution is 6.06. The number of nitriles is 1. The highest BCUT2D eigenvalue weighted by Gasteiger charge is 2.21. The molecular formula is C27H25N3O3. The van der Waals surface area contributed by atoms with Crippen molar-refractivity contribution >= 4 is 17.5 Å². The zero-order chi connectivity index (χ0) is 23.0. The molecule has 4 rings (SSSR count). The lowest BCUT2D eigenvalue weighted by Crippen LogP contribution is -2.41. The van der Waals surface area contributed by atoms with Gasteiger partial charge in [-0.15, -0.1) is 0 Å². The summed E-state index contributed by atoms with van der Waals surface area (Å²) in [4.78, 5) is 29.7. The minimum absolute atomic E-state index is 0.0588. The molecule has 1 aliphatic rings. The largest absolute Gasteiger partial charge is 0.378 e. The van der Waals surface area contributed by atoms with E-state index in [0.29, 0.717) is 44.0 Å². The van der Waals surface area contributed by atoms with Crippen molar-refractivity contribution in [2.45, 2.75) is 13.0 Å². The molecule has 6 heteroatoms. The van der Waals surface area contributed by atoms with Crippen LogP contribution in [0.4, 0.5) is 5.69 Å². The molecule has 0 atom stereocenters. The molecule has 0 spiro atoms. The Morgan fingerprint density at radius 2 is 1.61 bits per heavy atom. The first-order valence-corrected chi connectivity index (χ1v) is 10.9. The van der Waals surface area contributed by atoms with Crippen molar-refractivity contribution < 1.29 is 14.3 Å². The molecule has 0 aliphatic carbocycles. The van der Waals surface area contributed by atoms with Crippen LogP contribution >= 0.6 is 0 Å². The van der Waals surface area contributed by atoms with Crippen molar-refractivity contribution in [3.63, 3.8) is 0 Å². The molecule has 1 saturated heterocycles. The first-order valence-electron chi connectivity index (χ1n) is 10.9. The zero-order valence-corrected chi connectivity index (χ0v) is 18.3. The maximum atomic E-state index is 13.5. The molecule has 3 aromatic carbocycles. The molecule has 33 heavy (non-hydrogen) atoms. The lowest BCUT2D eigenvalue weighted by molar-refractivity contribution is -0.134. The molecule has 1 aliphatic heterocycles. The molecule has 0 bridgehead atoms. The van der Waals surface area contributed by atoms with Crippen LogP contribution in [0.1, 0.15) is 27.0 Å². The van der Waals surface area contributed by atoms with Gasteiger partial charge in [0.25, 0.3) is 5.91 Å². The molecule has 0 N–H and O–H groups in total. The summed E-state index contributed by atoms with van der Waals surface area (Å²) in [7, 11) is 0. The summed E-state index contributed by atoms with van der Waals surface area (Å²) in [5.41, 5.74) is 3.58. The van der Waals surface area contributed by atoms with Gasteiger partial charge in [-0.1, -0.05) is 42.5 Å². The first-order chi connectivity index (χ1) is 16.1. The molecule has 0 radical (unpaired) electrons. The van der Waals surface area contributed by atoms with Crippen LogP contribution in [-0.2, 0) is 22.5 Å². The Morgan fingerprint density at radius 3 is 2.30 bits per heavy atom. The van der Waals surface area contributed by atoms with Gasteiger partial charge in [-0.3, -0.25) is 9.59 Å². The Morgan fingerprint density at radius 1 is 0.909 bits per heavy atom. The number of morpholine rings is 1. The fourth-order valence-electron chi connectivity index (χ4n) is 3.82. The maximum Gasteiger partial charge on any atom is 0.258 e. The molecule has 0 aromatic heterocycles. The van der Waals surface area contributed by atoms with E-state index < -0.39 is 0 Å². The molecular weight excluding hydrogens is 414 g/mol. The number of anilines is 1. The second-order valence-electron chi connectivity index (χ2n) is 7.91. The van der Waals surface area contributed by atoms with Gasteiger partial charge < -0.3 is 14.5 Å². The monoisotopic (exact) mass is 439 g/mol. The molecule has 1 fully saturated rings. The third-order valence-electron chi connectivity index (χ3n) is 5.63. The second-order valence-corrected chi connectivity index (χ2v) is 7.91. The minimum atomic E-state index is -0.167. The van der Waals surface area contributed by atoms with E-state index in [4.69, 9.17) is 10.00 Å². The molecule has 6 nitrogen and oxygen atoms in total. The number of nitrogens with zero attached hydrogens (tertiary/aromatic N) is 3. The van der Waals surface area contributed by atoms with E-state index >= 15 is 0 Å². The quantitative estimate of drug-likeness (QED) is 0.586. The Balaban J connectivity index is 1.60. The fraction of sp³-hybridized carbons (Fsp3) is 0.222. The van der Waals surface area contributed by atoms with E-state index in [1.807, 2.05) is 59.5 Å². The lowest BCUT2D eigenvalue weighted by atomic mass is 10.1. The topological polar surface area (TPSA) is 73.6 Å². The van der Waals surface area contributed by atoms with Crippen molar-refractivity contribution in [2.24, 2.45) is 0 Å². The average molecular weight is 440 g/mol. The van der Waals surface area contributed by atoms with Gasteiger partial charge in [0.2, 0.25) is 5.91 Å². The fourth-order valence-corrected chi connectivity index (χ4v) is 3.82. The number of rotatable bonds is 6. The van der Waals surface area contributed by atoms with Gasteiger partial charge in [0.15, 0.2) is 0 Å². The second kappa shape index (κ2) is 10.6. The van der Waals surface area contributed by atoms with E-state index in [1.54, 1.807) is 29.2 Å². The van der Waals surface area contributed by atoms with Crippen LogP contribution in [0.15, 0.2) is 78.9 Å². The normalized spacial score (nSPS) is 13.2.